The molecule has 0 aliphatic carbocycles. The van der Waals surface area contributed by atoms with Gasteiger partial charge in [0.1, 0.15) is 0 Å². The predicted molar refractivity (Wildman–Crippen MR) is 59.7 cm³/mol. The molecule has 0 unspecified atom stereocenters. The molecule has 1 aromatic carbocycles. The van der Waals surface area contributed by atoms with Gasteiger partial charge >= 0.3 is 0 Å². The third kappa shape index (κ3) is 2.95. The fourth-order valence-electron chi connectivity index (χ4n) is 0.880. The fourth-order valence-corrected chi connectivity index (χ4v) is 1.68. The van der Waals surface area contributed by atoms with Gasteiger partial charge < -0.3 is 5.73 Å². The van der Waals surface area contributed by atoms with Crippen LogP contribution >= 0.6 is 11.8 Å². The topological polar surface area (TPSA) is 38.4 Å². The lowest BCUT2D eigenvalue weighted by Crippen LogP contribution is -1.96. The number of nitrogens with two attached hydrogens (primary N) is 1. The van der Waals surface area contributed by atoms with Gasteiger partial charge in [0.25, 0.3) is 0 Å². The molecule has 0 saturated heterocycles. The first kappa shape index (κ1) is 9.86. The van der Waals surface area contributed by atoms with Crippen molar-refractivity contribution in [2.24, 2.45) is 10.7 Å². The van der Waals surface area contributed by atoms with Gasteiger partial charge in [-0.1, -0.05) is 18.7 Å². The summed E-state index contributed by atoms with van der Waals surface area (Å²) in [6, 6.07) is 7.83. The Labute approximate surface area is 82.6 Å². The van der Waals surface area contributed by atoms with E-state index >= 15 is 0 Å². The highest BCUT2D eigenvalue weighted by atomic mass is 32.2. The van der Waals surface area contributed by atoms with Crippen molar-refractivity contribution >= 4 is 24.2 Å². The highest BCUT2D eigenvalue weighted by molar-refractivity contribution is 7.99. The molecule has 13 heavy (non-hydrogen) atoms. The molecule has 0 radical (unpaired) electrons. The molecule has 1 aromatic rings. The number of rotatable bonds is 4. The van der Waals surface area contributed by atoms with Crippen LogP contribution in [0.15, 0.2) is 46.4 Å². The third-order valence-corrected chi connectivity index (χ3v) is 2.62. The molecule has 0 amide bonds. The summed E-state index contributed by atoms with van der Waals surface area (Å²) in [5.41, 5.74) is 7.04. The molecule has 0 saturated carbocycles. The minimum absolute atomic E-state index is 0.670. The predicted octanol–water partition coefficient (Wildman–Crippen LogP) is 2.58. The molecule has 68 valence electrons. The van der Waals surface area contributed by atoms with Gasteiger partial charge in [-0.3, -0.25) is 4.99 Å². The lowest BCUT2D eigenvalue weighted by Gasteiger charge is -2.03. The van der Waals surface area contributed by atoms with E-state index in [1.807, 2.05) is 24.3 Å². The Morgan fingerprint density at radius 1 is 1.46 bits per heavy atom. The molecule has 1 rings (SSSR count). The number of benzene rings is 1. The van der Waals surface area contributed by atoms with Gasteiger partial charge in [0, 0.05) is 16.3 Å². The van der Waals surface area contributed by atoms with Crippen LogP contribution in [-0.4, -0.2) is 12.5 Å². The van der Waals surface area contributed by atoms with Crippen molar-refractivity contribution in [1.29, 1.82) is 0 Å². The van der Waals surface area contributed by atoms with Gasteiger partial charge in [-0.15, -0.1) is 11.8 Å². The maximum Gasteiger partial charge on any atom is 0.0758 e. The van der Waals surface area contributed by atoms with Gasteiger partial charge in [-0.25, -0.2) is 0 Å². The number of hydrogen-bond donors (Lipinski definition) is 1. The van der Waals surface area contributed by atoms with Crippen molar-refractivity contribution in [2.75, 3.05) is 5.75 Å². The van der Waals surface area contributed by atoms with E-state index in [1.165, 1.54) is 0 Å². The zero-order valence-electron chi connectivity index (χ0n) is 7.36. The summed E-state index contributed by atoms with van der Waals surface area (Å²) >= 11 is 1.62. The van der Waals surface area contributed by atoms with Crippen LogP contribution in [0.4, 0.5) is 5.69 Å². The summed E-state index contributed by atoms with van der Waals surface area (Å²) < 4.78 is 0. The summed E-state index contributed by atoms with van der Waals surface area (Å²) in [4.78, 5) is 4.99. The second kappa shape index (κ2) is 4.72. The average Bonchev–Trinajstić information content (AvgIpc) is 2.15. The molecular formula is C10H12N2S. The van der Waals surface area contributed by atoms with Crippen LogP contribution in [0.1, 0.15) is 0 Å². The minimum Gasteiger partial charge on any atom is -0.402 e. The van der Waals surface area contributed by atoms with Crippen LogP contribution < -0.4 is 5.73 Å². The average molecular weight is 192 g/mol. The Kier molecular flexibility index (Phi) is 3.58. The van der Waals surface area contributed by atoms with E-state index in [9.17, 15) is 0 Å². The fraction of sp³-hybridized carbons (Fsp3) is 0.100. The van der Waals surface area contributed by atoms with Gasteiger partial charge in [0.2, 0.25) is 0 Å². The molecule has 0 aromatic heterocycles. The van der Waals surface area contributed by atoms with Crippen LogP contribution in [-0.2, 0) is 0 Å². The maximum absolute atomic E-state index is 5.47. The van der Waals surface area contributed by atoms with Crippen LogP contribution in [0, 0.1) is 0 Å². The van der Waals surface area contributed by atoms with Crippen LogP contribution in [0.3, 0.4) is 0 Å². The SMILES string of the molecule is C=Nc1ccccc1SCC(=C)N. The first-order valence-corrected chi connectivity index (χ1v) is 4.84. The molecule has 0 aliphatic heterocycles. The molecule has 0 spiro atoms. The van der Waals surface area contributed by atoms with Crippen molar-refractivity contribution in [3.8, 4) is 0 Å². The zero-order chi connectivity index (χ0) is 9.68. The Hall–Kier alpha value is -1.22. The molecular weight excluding hydrogens is 180 g/mol. The molecule has 0 atom stereocenters. The van der Waals surface area contributed by atoms with Crippen molar-refractivity contribution in [3.05, 3.63) is 36.5 Å². The van der Waals surface area contributed by atoms with Crippen molar-refractivity contribution in [2.45, 2.75) is 4.90 Å². The van der Waals surface area contributed by atoms with Gasteiger partial charge in [0.15, 0.2) is 0 Å². The first-order valence-electron chi connectivity index (χ1n) is 3.86. The van der Waals surface area contributed by atoms with Gasteiger partial charge in [0.05, 0.1) is 5.69 Å². The zero-order valence-corrected chi connectivity index (χ0v) is 8.18. The normalized spacial score (nSPS) is 9.54. The van der Waals surface area contributed by atoms with Crippen LogP contribution in [0.2, 0.25) is 0 Å². The molecule has 0 aliphatic rings. The quantitative estimate of drug-likeness (QED) is 0.588. The second-order valence-electron chi connectivity index (χ2n) is 2.57. The largest absolute Gasteiger partial charge is 0.402 e. The first-order chi connectivity index (χ1) is 6.24. The van der Waals surface area contributed by atoms with E-state index in [0.717, 1.165) is 10.6 Å². The van der Waals surface area contributed by atoms with Crippen LogP contribution in [0.5, 0.6) is 0 Å². The summed E-state index contributed by atoms with van der Waals surface area (Å²) in [6.07, 6.45) is 0. The number of thioether (sulfide) groups is 1. The van der Waals surface area contributed by atoms with E-state index in [0.29, 0.717) is 11.4 Å². The van der Waals surface area contributed by atoms with Gasteiger partial charge in [-0.05, 0) is 18.9 Å². The Morgan fingerprint density at radius 3 is 2.77 bits per heavy atom. The molecule has 2 nitrogen and oxygen atoms in total. The lowest BCUT2D eigenvalue weighted by molar-refractivity contribution is 1.33. The number of para-hydroxylation sites is 1. The smallest absolute Gasteiger partial charge is 0.0758 e. The molecule has 0 bridgehead atoms. The molecule has 3 heteroatoms. The van der Waals surface area contributed by atoms with E-state index in [1.54, 1.807) is 11.8 Å². The molecule has 0 fully saturated rings. The summed E-state index contributed by atoms with van der Waals surface area (Å²) in [5, 5.41) is 0. The second-order valence-corrected chi connectivity index (χ2v) is 3.59. The standard InChI is InChI=1S/C10H12N2S/c1-8(11)7-13-10-6-4-3-5-9(10)12-2/h3-6H,1-2,7,11H2. The van der Waals surface area contributed by atoms with E-state index < -0.39 is 0 Å². The highest BCUT2D eigenvalue weighted by Crippen LogP contribution is 2.29. The van der Waals surface area contributed by atoms with E-state index in [4.69, 9.17) is 5.73 Å². The maximum atomic E-state index is 5.47. The van der Waals surface area contributed by atoms with Crippen molar-refractivity contribution < 1.29 is 0 Å². The molecule has 2 N–H and O–H groups in total. The Bertz CT molecular complexity index is 320. The summed E-state index contributed by atoms with van der Waals surface area (Å²) in [7, 11) is 0. The van der Waals surface area contributed by atoms with Crippen molar-refractivity contribution in [1.82, 2.24) is 0 Å². The number of aliphatic imine (C=N–C) groups is 1. The summed E-state index contributed by atoms with van der Waals surface area (Å²) in [6.45, 7) is 7.14. The monoisotopic (exact) mass is 192 g/mol. The number of hydrogen-bond acceptors (Lipinski definition) is 3. The third-order valence-electron chi connectivity index (χ3n) is 1.45. The highest BCUT2D eigenvalue weighted by Gasteiger charge is 1.99. The minimum atomic E-state index is 0.670. The Balaban J connectivity index is 2.75. The van der Waals surface area contributed by atoms with Crippen molar-refractivity contribution in [3.63, 3.8) is 0 Å². The van der Waals surface area contributed by atoms with Crippen LogP contribution in [0.25, 0.3) is 0 Å². The summed E-state index contributed by atoms with van der Waals surface area (Å²) in [5.74, 6) is 0.715. The Morgan fingerprint density at radius 2 is 2.15 bits per heavy atom. The lowest BCUT2D eigenvalue weighted by atomic mass is 10.3. The van der Waals surface area contributed by atoms with Gasteiger partial charge in [-0.2, -0.15) is 0 Å². The van der Waals surface area contributed by atoms with E-state index in [2.05, 4.69) is 18.3 Å². The van der Waals surface area contributed by atoms with E-state index in [-0.39, 0.29) is 0 Å². The number of nitrogens with zero attached hydrogens (tertiary/aromatic N) is 1. The molecule has 0 heterocycles.